The molecule has 1 unspecified atom stereocenters. The lowest BCUT2D eigenvalue weighted by molar-refractivity contribution is -0.192. The molecule has 0 radical (unpaired) electrons. The number of carboxylic acids is 1. The molecular weight excluding hydrogens is 429 g/mol. The highest BCUT2D eigenvalue weighted by Crippen LogP contribution is 2.29. The van der Waals surface area contributed by atoms with Crippen LogP contribution < -0.4 is 0 Å². The highest BCUT2D eigenvalue weighted by atomic mass is 19.4. The highest BCUT2D eigenvalue weighted by Gasteiger charge is 2.38. The molecule has 3 heterocycles. The number of hydrogen-bond donors (Lipinski definition) is 1. The van der Waals surface area contributed by atoms with Crippen molar-refractivity contribution in [3.8, 4) is 0 Å². The van der Waals surface area contributed by atoms with Crippen LogP contribution in [0.25, 0.3) is 0 Å². The molecule has 1 aromatic carbocycles. The maximum atomic E-state index is 10.6. The second kappa shape index (κ2) is 10.4. The quantitative estimate of drug-likeness (QED) is 0.613. The minimum atomic E-state index is -5.08. The molecule has 8 nitrogen and oxygen atoms in total. The number of furan rings is 1. The second-order valence-corrected chi connectivity index (χ2v) is 7.16. The molecule has 3 aromatic rings. The van der Waals surface area contributed by atoms with E-state index in [1.54, 1.807) is 6.26 Å². The molecule has 0 bridgehead atoms. The van der Waals surface area contributed by atoms with Gasteiger partial charge in [0.05, 0.1) is 37.8 Å². The molecule has 32 heavy (non-hydrogen) atoms. The van der Waals surface area contributed by atoms with Crippen LogP contribution in [0.5, 0.6) is 0 Å². The van der Waals surface area contributed by atoms with Gasteiger partial charge in [0.1, 0.15) is 11.5 Å². The smallest absolute Gasteiger partial charge is 0.475 e. The number of alkyl halides is 3. The number of nitrogens with zero attached hydrogens (tertiary/aromatic N) is 4. The Kier molecular flexibility index (Phi) is 7.65. The first-order chi connectivity index (χ1) is 15.3. The molecule has 4 rings (SSSR count). The van der Waals surface area contributed by atoms with E-state index in [9.17, 15) is 13.2 Å². The minimum Gasteiger partial charge on any atom is -0.475 e. The van der Waals surface area contributed by atoms with Crippen LogP contribution in [0, 0.1) is 0 Å². The van der Waals surface area contributed by atoms with Crippen molar-refractivity contribution >= 4 is 5.97 Å². The number of halogens is 3. The van der Waals surface area contributed by atoms with Crippen LogP contribution in [0.2, 0.25) is 0 Å². The van der Waals surface area contributed by atoms with Crippen molar-refractivity contribution in [3.05, 3.63) is 71.4 Å². The molecule has 0 saturated carbocycles. The van der Waals surface area contributed by atoms with E-state index in [1.165, 1.54) is 11.3 Å². The number of carbonyl (C=O) groups is 1. The van der Waals surface area contributed by atoms with E-state index in [0.717, 1.165) is 31.0 Å². The lowest BCUT2D eigenvalue weighted by Crippen LogP contribution is -2.38. The summed E-state index contributed by atoms with van der Waals surface area (Å²) in [5, 5.41) is 15.7. The van der Waals surface area contributed by atoms with Crippen LogP contribution in [0.1, 0.15) is 28.8 Å². The Bertz CT molecular complexity index is 990. The molecule has 0 amide bonds. The topological polar surface area (TPSA) is 93.6 Å². The first-order valence-corrected chi connectivity index (χ1v) is 9.82. The molecule has 1 atom stereocenters. The number of ether oxygens (including phenoxy) is 1. The van der Waals surface area contributed by atoms with Gasteiger partial charge in [-0.2, -0.15) is 13.2 Å². The van der Waals surface area contributed by atoms with Crippen LogP contribution in [-0.2, 0) is 36.2 Å². The first kappa shape index (κ1) is 23.5. The fourth-order valence-corrected chi connectivity index (χ4v) is 3.36. The average Bonchev–Trinajstić information content (AvgIpc) is 3.40. The van der Waals surface area contributed by atoms with Gasteiger partial charge in [-0.1, -0.05) is 35.5 Å². The van der Waals surface area contributed by atoms with E-state index in [-0.39, 0.29) is 6.04 Å². The zero-order valence-electron chi connectivity index (χ0n) is 17.3. The largest absolute Gasteiger partial charge is 0.490 e. The van der Waals surface area contributed by atoms with E-state index in [4.69, 9.17) is 19.1 Å². The van der Waals surface area contributed by atoms with Gasteiger partial charge in [-0.15, -0.1) is 5.10 Å². The van der Waals surface area contributed by atoms with Crippen molar-refractivity contribution in [2.24, 2.45) is 7.05 Å². The summed E-state index contributed by atoms with van der Waals surface area (Å²) in [6.45, 7) is 2.87. The maximum Gasteiger partial charge on any atom is 0.490 e. The Morgan fingerprint density at radius 2 is 1.97 bits per heavy atom. The summed E-state index contributed by atoms with van der Waals surface area (Å²) in [4.78, 5) is 11.3. The van der Waals surface area contributed by atoms with Gasteiger partial charge in [-0.3, -0.25) is 9.58 Å². The zero-order valence-corrected chi connectivity index (χ0v) is 17.3. The third-order valence-corrected chi connectivity index (χ3v) is 4.93. The summed E-state index contributed by atoms with van der Waals surface area (Å²) in [5.41, 5.74) is 3.40. The number of aromatic nitrogens is 3. The molecule has 0 spiro atoms. The van der Waals surface area contributed by atoms with Gasteiger partial charge >= 0.3 is 12.1 Å². The number of aryl methyl sites for hydroxylation is 1. The Morgan fingerprint density at radius 1 is 1.25 bits per heavy atom. The Hall–Kier alpha value is -3.18. The zero-order chi connectivity index (χ0) is 23.1. The SMILES string of the molecule is Cn1nnc2c1CCN(Cc1ccco1)C2COCc1ccccc1.O=C(O)C(F)(F)F. The van der Waals surface area contributed by atoms with E-state index < -0.39 is 12.1 Å². The summed E-state index contributed by atoms with van der Waals surface area (Å²) in [6.07, 6.45) is -2.43. The van der Waals surface area contributed by atoms with Crippen LogP contribution in [0.4, 0.5) is 13.2 Å². The number of rotatable bonds is 6. The van der Waals surface area contributed by atoms with Crippen molar-refractivity contribution < 1.29 is 32.2 Å². The van der Waals surface area contributed by atoms with Gasteiger partial charge in [-0.25, -0.2) is 4.79 Å². The highest BCUT2D eigenvalue weighted by molar-refractivity contribution is 5.73. The Labute approximate surface area is 182 Å². The molecule has 0 aliphatic carbocycles. The molecule has 0 fully saturated rings. The van der Waals surface area contributed by atoms with E-state index in [2.05, 4.69) is 27.3 Å². The fraction of sp³-hybridized carbons (Fsp3) is 0.381. The Balaban J connectivity index is 0.000000360. The van der Waals surface area contributed by atoms with Gasteiger partial charge in [0, 0.05) is 20.0 Å². The van der Waals surface area contributed by atoms with Crippen molar-refractivity contribution in [3.63, 3.8) is 0 Å². The lowest BCUT2D eigenvalue weighted by Gasteiger charge is -2.33. The number of fused-ring (bicyclic) bond motifs is 1. The molecule has 0 saturated heterocycles. The van der Waals surface area contributed by atoms with E-state index >= 15 is 0 Å². The molecule has 1 N–H and O–H groups in total. The summed E-state index contributed by atoms with van der Waals surface area (Å²) in [7, 11) is 1.95. The molecule has 1 aliphatic heterocycles. The molecule has 172 valence electrons. The standard InChI is InChI=1S/C19H22N4O2.C2HF3O2/c1-22-17-9-10-23(12-16-8-5-11-25-16)18(19(17)20-21-22)14-24-13-15-6-3-2-4-7-15;3-2(4,5)1(6)7/h2-8,11,18H,9-10,12-14H2,1H3;(H,6,7). The van der Waals surface area contributed by atoms with Crippen LogP contribution in [0.15, 0.2) is 53.1 Å². The van der Waals surface area contributed by atoms with Crippen molar-refractivity contribution in [2.75, 3.05) is 13.2 Å². The maximum absolute atomic E-state index is 10.6. The summed E-state index contributed by atoms with van der Waals surface area (Å²) in [6, 6.07) is 14.3. The molecule has 2 aromatic heterocycles. The second-order valence-electron chi connectivity index (χ2n) is 7.16. The van der Waals surface area contributed by atoms with Gasteiger partial charge in [0.2, 0.25) is 0 Å². The average molecular weight is 452 g/mol. The lowest BCUT2D eigenvalue weighted by atomic mass is 10.0. The van der Waals surface area contributed by atoms with Crippen molar-refractivity contribution in [1.29, 1.82) is 0 Å². The minimum absolute atomic E-state index is 0.0891. The van der Waals surface area contributed by atoms with Crippen molar-refractivity contribution in [1.82, 2.24) is 19.9 Å². The van der Waals surface area contributed by atoms with Gasteiger partial charge in [0.25, 0.3) is 0 Å². The number of aliphatic carboxylic acids is 1. The molecule has 11 heteroatoms. The molecular formula is C21H23F3N4O4. The number of carboxylic acid groups (broad SMARTS) is 1. The van der Waals surface area contributed by atoms with Crippen LogP contribution in [0.3, 0.4) is 0 Å². The van der Waals surface area contributed by atoms with Gasteiger partial charge in [0.15, 0.2) is 0 Å². The van der Waals surface area contributed by atoms with Gasteiger partial charge < -0.3 is 14.3 Å². The number of benzene rings is 1. The van der Waals surface area contributed by atoms with E-state index in [0.29, 0.717) is 13.2 Å². The van der Waals surface area contributed by atoms with Crippen LogP contribution in [-0.4, -0.2) is 50.3 Å². The Morgan fingerprint density at radius 3 is 2.59 bits per heavy atom. The summed E-state index contributed by atoms with van der Waals surface area (Å²) >= 11 is 0. The third kappa shape index (κ3) is 6.17. The van der Waals surface area contributed by atoms with E-state index in [1.807, 2.05) is 42.1 Å². The third-order valence-electron chi connectivity index (χ3n) is 4.93. The van der Waals surface area contributed by atoms with Gasteiger partial charge in [-0.05, 0) is 17.7 Å². The molecule has 1 aliphatic rings. The first-order valence-electron chi connectivity index (χ1n) is 9.82. The van der Waals surface area contributed by atoms with Crippen molar-refractivity contribution in [2.45, 2.75) is 31.8 Å². The summed E-state index contributed by atoms with van der Waals surface area (Å²) < 4.78 is 45.2. The normalized spacial score (nSPS) is 16.2. The predicted octanol–water partition coefficient (Wildman–Crippen LogP) is 3.36. The van der Waals surface area contributed by atoms with Crippen LogP contribution >= 0.6 is 0 Å². The fourth-order valence-electron chi connectivity index (χ4n) is 3.36. The summed E-state index contributed by atoms with van der Waals surface area (Å²) in [5.74, 6) is -1.80. The number of hydrogen-bond acceptors (Lipinski definition) is 6. The predicted molar refractivity (Wildman–Crippen MR) is 106 cm³/mol. The monoisotopic (exact) mass is 452 g/mol.